The molecular formula is C20H24ClIO2. The number of halogens is 2. The summed E-state index contributed by atoms with van der Waals surface area (Å²) >= 11 is 8.34. The van der Waals surface area contributed by atoms with Crippen molar-refractivity contribution in [1.82, 2.24) is 0 Å². The molecule has 0 aromatic heterocycles. The lowest BCUT2D eigenvalue weighted by Crippen LogP contribution is -2.51. The van der Waals surface area contributed by atoms with Crippen molar-refractivity contribution in [3.8, 4) is 5.75 Å². The smallest absolute Gasteiger partial charge is 0.192 e. The van der Waals surface area contributed by atoms with Crippen molar-refractivity contribution < 1.29 is 7.86 Å². The fraction of sp³-hybridized carbons (Fsp3) is 0.650. The van der Waals surface area contributed by atoms with Gasteiger partial charge in [-0.2, -0.15) is 0 Å². The third kappa shape index (κ3) is 2.16. The van der Waals surface area contributed by atoms with Crippen LogP contribution in [0.1, 0.15) is 75.2 Å². The second kappa shape index (κ2) is 5.35. The molecule has 0 N–H and O–H groups in total. The molecule has 2 fully saturated rings. The van der Waals surface area contributed by atoms with E-state index in [4.69, 9.17) is 14.7 Å². The molecule has 130 valence electrons. The number of hydrogen-bond acceptors (Lipinski definition) is 2. The van der Waals surface area contributed by atoms with Crippen LogP contribution in [0, 0.1) is 16.7 Å². The van der Waals surface area contributed by atoms with Crippen LogP contribution in [0.25, 0.3) is 0 Å². The predicted molar refractivity (Wildman–Crippen MR) is 105 cm³/mol. The maximum atomic E-state index is 13.4. The van der Waals surface area contributed by atoms with Crippen LogP contribution in [0.2, 0.25) is 5.02 Å². The first-order chi connectivity index (χ1) is 11.2. The van der Waals surface area contributed by atoms with Gasteiger partial charge >= 0.3 is 0 Å². The van der Waals surface area contributed by atoms with Crippen molar-refractivity contribution in [3.63, 3.8) is 0 Å². The summed E-state index contributed by atoms with van der Waals surface area (Å²) in [5.74, 6) is 1.45. The number of fused-ring (bicyclic) bond motifs is 1. The SMILES string of the molecule is CC12CCC3(CCCC(C)(C)C3C1)c1cc(Cl)c(OI)cc1C2=O. The Morgan fingerprint density at radius 3 is 2.62 bits per heavy atom. The molecule has 3 unspecified atom stereocenters. The highest BCUT2D eigenvalue weighted by atomic mass is 127. The Bertz CT molecular complexity index is 729. The minimum Gasteiger partial charge on any atom is -0.426 e. The topological polar surface area (TPSA) is 26.3 Å². The Morgan fingerprint density at radius 2 is 1.92 bits per heavy atom. The Kier molecular flexibility index (Phi) is 3.82. The van der Waals surface area contributed by atoms with Gasteiger partial charge in [-0.3, -0.25) is 4.79 Å². The van der Waals surface area contributed by atoms with E-state index in [-0.39, 0.29) is 16.2 Å². The molecular weight excluding hydrogens is 435 g/mol. The van der Waals surface area contributed by atoms with E-state index in [1.807, 2.05) is 35.1 Å². The molecule has 0 amide bonds. The van der Waals surface area contributed by atoms with Gasteiger partial charge in [0.05, 0.1) is 5.02 Å². The maximum absolute atomic E-state index is 13.4. The summed E-state index contributed by atoms with van der Waals surface area (Å²) in [4.78, 5) is 13.4. The van der Waals surface area contributed by atoms with Crippen LogP contribution in [0.5, 0.6) is 5.75 Å². The zero-order chi connectivity index (χ0) is 17.3. The molecule has 2 saturated carbocycles. The fourth-order valence-electron chi connectivity index (χ4n) is 5.98. The van der Waals surface area contributed by atoms with Crippen molar-refractivity contribution in [3.05, 3.63) is 28.3 Å². The lowest BCUT2D eigenvalue weighted by atomic mass is 9.47. The normalized spacial score (nSPS) is 36.7. The summed E-state index contributed by atoms with van der Waals surface area (Å²) in [6, 6.07) is 3.95. The van der Waals surface area contributed by atoms with Crippen LogP contribution in [0.3, 0.4) is 0 Å². The molecule has 0 saturated heterocycles. The molecule has 2 bridgehead atoms. The van der Waals surface area contributed by atoms with Gasteiger partial charge in [0.1, 0.15) is 0 Å². The maximum Gasteiger partial charge on any atom is 0.192 e. The van der Waals surface area contributed by atoms with Gasteiger partial charge in [0, 0.05) is 11.0 Å². The third-order valence-electron chi connectivity index (χ3n) is 7.32. The van der Waals surface area contributed by atoms with E-state index in [2.05, 4.69) is 20.8 Å². The number of carbonyl (C=O) groups is 1. The standard InChI is InChI=1S/C20H24ClIO2/c1-18(2)5-4-6-20-8-7-19(3,11-16(18)20)17(23)12-9-15(24-22)14(21)10-13(12)20/h9-10,16H,4-8,11H2,1-3H3. The van der Waals surface area contributed by atoms with Crippen molar-refractivity contribution in [2.75, 3.05) is 0 Å². The van der Waals surface area contributed by atoms with Gasteiger partial charge < -0.3 is 3.07 Å². The number of hydrogen-bond donors (Lipinski definition) is 0. The van der Waals surface area contributed by atoms with Gasteiger partial charge in [-0.05, 0) is 66.5 Å². The van der Waals surface area contributed by atoms with Crippen LogP contribution in [-0.4, -0.2) is 5.78 Å². The van der Waals surface area contributed by atoms with Crippen molar-refractivity contribution in [1.29, 1.82) is 0 Å². The molecule has 0 heterocycles. The number of Topliss-reactive ketones (excluding diaryl/α,β-unsaturated/α-hetero) is 1. The minimum absolute atomic E-state index is 0.107. The van der Waals surface area contributed by atoms with Gasteiger partial charge in [0.2, 0.25) is 0 Å². The highest BCUT2D eigenvalue weighted by molar-refractivity contribution is 14.1. The van der Waals surface area contributed by atoms with E-state index < -0.39 is 0 Å². The molecule has 4 aliphatic rings. The zero-order valence-electron chi connectivity index (χ0n) is 14.5. The Labute approximate surface area is 163 Å². The van der Waals surface area contributed by atoms with E-state index in [0.29, 0.717) is 22.5 Å². The Balaban J connectivity index is 2.02. The lowest BCUT2D eigenvalue weighted by molar-refractivity contribution is -0.0240. The summed E-state index contributed by atoms with van der Waals surface area (Å²) in [6.07, 6.45) is 6.77. The predicted octanol–water partition coefficient (Wildman–Crippen LogP) is 6.52. The number of ketones is 1. The van der Waals surface area contributed by atoms with E-state index in [9.17, 15) is 4.79 Å². The largest absolute Gasteiger partial charge is 0.426 e. The van der Waals surface area contributed by atoms with Crippen molar-refractivity contribution in [2.24, 2.45) is 16.7 Å². The molecule has 24 heavy (non-hydrogen) atoms. The van der Waals surface area contributed by atoms with Gasteiger partial charge in [-0.1, -0.05) is 38.8 Å². The number of carbonyl (C=O) groups excluding carboxylic acids is 1. The first kappa shape index (κ1) is 17.1. The zero-order valence-corrected chi connectivity index (χ0v) is 17.5. The van der Waals surface area contributed by atoms with Crippen LogP contribution in [0.4, 0.5) is 0 Å². The third-order valence-corrected chi connectivity index (χ3v) is 8.09. The highest BCUT2D eigenvalue weighted by Crippen LogP contribution is 2.65. The summed E-state index contributed by atoms with van der Waals surface area (Å²) in [7, 11) is 0. The molecule has 4 heteroatoms. The number of benzene rings is 1. The van der Waals surface area contributed by atoms with E-state index in [0.717, 1.165) is 24.8 Å². The second-order valence-corrected chi connectivity index (χ2v) is 9.90. The minimum atomic E-state index is -0.246. The van der Waals surface area contributed by atoms with E-state index in [1.54, 1.807) is 0 Å². The van der Waals surface area contributed by atoms with Crippen molar-refractivity contribution in [2.45, 2.75) is 64.7 Å². The van der Waals surface area contributed by atoms with Crippen LogP contribution >= 0.6 is 34.6 Å². The van der Waals surface area contributed by atoms with Crippen LogP contribution < -0.4 is 3.07 Å². The highest BCUT2D eigenvalue weighted by Gasteiger charge is 2.60. The van der Waals surface area contributed by atoms with Crippen LogP contribution in [0.15, 0.2) is 12.1 Å². The second-order valence-electron chi connectivity index (χ2n) is 9.05. The molecule has 2 nitrogen and oxygen atoms in total. The van der Waals surface area contributed by atoms with Gasteiger partial charge in [0.25, 0.3) is 0 Å². The first-order valence-electron chi connectivity index (χ1n) is 8.91. The number of rotatable bonds is 1. The molecule has 5 rings (SSSR count). The van der Waals surface area contributed by atoms with E-state index >= 15 is 0 Å². The molecule has 3 atom stereocenters. The van der Waals surface area contributed by atoms with Crippen LogP contribution in [-0.2, 0) is 5.41 Å². The van der Waals surface area contributed by atoms with E-state index in [1.165, 1.54) is 24.8 Å². The average Bonchev–Trinajstić information content (AvgIpc) is 2.67. The lowest BCUT2D eigenvalue weighted by Gasteiger charge is -2.57. The summed E-state index contributed by atoms with van der Waals surface area (Å²) in [5, 5.41) is 0.628. The Hall–Kier alpha value is -0.290. The van der Waals surface area contributed by atoms with Gasteiger partial charge in [-0.15, -0.1) is 0 Å². The first-order valence-corrected chi connectivity index (χ1v) is 10.2. The summed E-state index contributed by atoms with van der Waals surface area (Å²) in [5.41, 5.74) is 2.20. The molecule has 1 spiro atoms. The fourth-order valence-corrected chi connectivity index (χ4v) is 6.68. The molecule has 1 aromatic rings. The summed E-state index contributed by atoms with van der Waals surface area (Å²) < 4.78 is 5.38. The average molecular weight is 459 g/mol. The molecule has 0 aliphatic heterocycles. The van der Waals surface area contributed by atoms with Gasteiger partial charge in [0.15, 0.2) is 34.5 Å². The molecule has 0 radical (unpaired) electrons. The summed E-state index contributed by atoms with van der Waals surface area (Å²) in [6.45, 7) is 6.98. The molecule has 4 aliphatic carbocycles. The van der Waals surface area contributed by atoms with Crippen molar-refractivity contribution >= 4 is 40.4 Å². The molecule has 1 aromatic carbocycles. The Morgan fingerprint density at radius 1 is 1.17 bits per heavy atom. The quantitative estimate of drug-likeness (QED) is 0.448. The van der Waals surface area contributed by atoms with Gasteiger partial charge in [-0.25, -0.2) is 0 Å². The monoisotopic (exact) mass is 458 g/mol.